The van der Waals surface area contributed by atoms with Crippen LogP contribution in [0.2, 0.25) is 15.1 Å². The minimum absolute atomic E-state index is 0.267. The number of para-hydroxylation sites is 1. The van der Waals surface area contributed by atoms with Crippen molar-refractivity contribution < 1.29 is 4.39 Å². The molecule has 0 bridgehead atoms. The Labute approximate surface area is 234 Å². The van der Waals surface area contributed by atoms with Gasteiger partial charge >= 0.3 is 0 Å². The van der Waals surface area contributed by atoms with Crippen molar-refractivity contribution in [3.05, 3.63) is 91.0 Å². The maximum Gasteiger partial charge on any atom is 0.255 e. The Morgan fingerprint density at radius 2 is 1.70 bits per heavy atom. The second-order valence-electron chi connectivity index (χ2n) is 9.45. The van der Waals surface area contributed by atoms with E-state index in [1.807, 2.05) is 0 Å². The Balaban J connectivity index is 1.64. The number of benzene rings is 2. The van der Waals surface area contributed by atoms with E-state index in [1.165, 1.54) is 22.8 Å². The smallest absolute Gasteiger partial charge is 0.255 e. The first-order valence-electron chi connectivity index (χ1n) is 12.1. The fraction of sp³-hybridized carbons (Fsp3) is 0.286. The van der Waals surface area contributed by atoms with E-state index in [2.05, 4.69) is 18.7 Å². The molecule has 1 aliphatic heterocycles. The van der Waals surface area contributed by atoms with E-state index in [9.17, 15) is 9.18 Å². The molecule has 0 radical (unpaired) electrons. The van der Waals surface area contributed by atoms with E-state index in [-0.39, 0.29) is 5.56 Å². The Kier molecular flexibility index (Phi) is 7.75. The lowest BCUT2D eigenvalue weighted by Crippen LogP contribution is -2.37. The predicted octanol–water partition coefficient (Wildman–Crippen LogP) is 8.32. The molecule has 0 aliphatic carbocycles. The first-order valence-corrected chi connectivity index (χ1v) is 14.1. The molecule has 0 spiro atoms. The van der Waals surface area contributed by atoms with Gasteiger partial charge in [-0.05, 0) is 76.2 Å². The highest BCUT2D eigenvalue weighted by molar-refractivity contribution is 7.15. The lowest BCUT2D eigenvalue weighted by atomic mass is 9.96. The molecule has 4 aromatic rings. The highest BCUT2D eigenvalue weighted by Gasteiger charge is 2.27. The predicted molar refractivity (Wildman–Crippen MR) is 152 cm³/mol. The summed E-state index contributed by atoms with van der Waals surface area (Å²) in [5, 5.41) is 2.06. The van der Waals surface area contributed by atoms with Crippen LogP contribution in [0.1, 0.15) is 37.6 Å². The van der Waals surface area contributed by atoms with Crippen LogP contribution in [-0.4, -0.2) is 33.6 Å². The van der Waals surface area contributed by atoms with E-state index in [0.29, 0.717) is 49.5 Å². The van der Waals surface area contributed by atoms with Gasteiger partial charge in [-0.2, -0.15) is 0 Å². The van der Waals surface area contributed by atoms with E-state index in [4.69, 9.17) is 39.8 Å². The summed E-state index contributed by atoms with van der Waals surface area (Å²) < 4.78 is 15.3. The van der Waals surface area contributed by atoms with Crippen molar-refractivity contribution in [2.75, 3.05) is 13.1 Å². The minimum Gasteiger partial charge on any atom is -0.301 e. The van der Waals surface area contributed by atoms with Crippen LogP contribution in [0.3, 0.4) is 0 Å². The zero-order chi connectivity index (χ0) is 26.3. The first-order chi connectivity index (χ1) is 17.7. The molecule has 0 atom stereocenters. The molecule has 37 heavy (non-hydrogen) atoms. The summed E-state index contributed by atoms with van der Waals surface area (Å²) in [4.78, 5) is 21.3. The molecule has 2 aromatic carbocycles. The molecule has 1 saturated heterocycles. The molecule has 5 rings (SSSR count). The number of piperidine rings is 1. The average Bonchev–Trinajstić information content (AvgIpc) is 3.30. The van der Waals surface area contributed by atoms with E-state index in [0.717, 1.165) is 35.8 Å². The minimum atomic E-state index is -0.400. The van der Waals surface area contributed by atoms with E-state index >= 15 is 0 Å². The number of rotatable bonds is 5. The molecule has 1 fully saturated rings. The maximum atomic E-state index is 13.9. The number of hydrogen-bond acceptors (Lipinski definition) is 4. The summed E-state index contributed by atoms with van der Waals surface area (Å²) >= 11 is 20.9. The number of aromatic nitrogens is 2. The van der Waals surface area contributed by atoms with Crippen molar-refractivity contribution in [3.63, 3.8) is 0 Å². The zero-order valence-corrected chi connectivity index (χ0v) is 23.4. The van der Waals surface area contributed by atoms with Gasteiger partial charge in [-0.15, -0.1) is 11.3 Å². The zero-order valence-electron chi connectivity index (χ0n) is 20.3. The lowest BCUT2D eigenvalue weighted by molar-refractivity contribution is 0.172. The normalized spacial score (nSPS) is 15.0. The lowest BCUT2D eigenvalue weighted by Gasteiger charge is -2.33. The third-order valence-corrected chi connectivity index (χ3v) is 8.97. The number of nitrogens with zero attached hydrogens (tertiary/aromatic N) is 3. The molecule has 192 valence electrons. The number of likely N-dealkylation sites (tertiary alicyclic amines) is 1. The van der Waals surface area contributed by atoms with E-state index in [1.54, 1.807) is 47.9 Å². The Morgan fingerprint density at radius 1 is 1.00 bits per heavy atom. The molecule has 9 heteroatoms. The number of halogens is 4. The topological polar surface area (TPSA) is 38.1 Å². The summed E-state index contributed by atoms with van der Waals surface area (Å²) in [7, 11) is 0. The Morgan fingerprint density at radius 3 is 2.35 bits per heavy atom. The number of hydrogen-bond donors (Lipinski definition) is 0. The van der Waals surface area contributed by atoms with Crippen LogP contribution in [0, 0.1) is 5.82 Å². The monoisotopic (exact) mass is 575 g/mol. The van der Waals surface area contributed by atoms with Crippen LogP contribution in [0.5, 0.6) is 0 Å². The molecule has 0 unspecified atom stereocenters. The average molecular weight is 577 g/mol. The fourth-order valence-electron chi connectivity index (χ4n) is 4.75. The van der Waals surface area contributed by atoms with Crippen LogP contribution in [0.4, 0.5) is 4.39 Å². The molecular weight excluding hydrogens is 552 g/mol. The van der Waals surface area contributed by atoms with Gasteiger partial charge in [0.2, 0.25) is 0 Å². The number of pyridine rings is 1. The van der Waals surface area contributed by atoms with Gasteiger partial charge in [0.05, 0.1) is 36.3 Å². The molecule has 4 nitrogen and oxygen atoms in total. The second-order valence-corrected chi connectivity index (χ2v) is 11.7. The highest BCUT2D eigenvalue weighted by atomic mass is 35.5. The molecule has 0 amide bonds. The summed E-state index contributed by atoms with van der Waals surface area (Å²) in [6.07, 6.45) is 3.73. The third kappa shape index (κ3) is 5.36. The van der Waals surface area contributed by atoms with Gasteiger partial charge in [0.1, 0.15) is 5.82 Å². The van der Waals surface area contributed by atoms with Crippen LogP contribution in [-0.2, 0) is 0 Å². The van der Waals surface area contributed by atoms with Gasteiger partial charge in [-0.25, -0.2) is 9.37 Å². The molecule has 3 heterocycles. The van der Waals surface area contributed by atoms with E-state index < -0.39 is 5.82 Å². The van der Waals surface area contributed by atoms with Crippen LogP contribution in [0.15, 0.2) is 59.5 Å². The van der Waals surface area contributed by atoms with Crippen molar-refractivity contribution >= 4 is 46.1 Å². The van der Waals surface area contributed by atoms with Gasteiger partial charge in [0.15, 0.2) is 0 Å². The largest absolute Gasteiger partial charge is 0.301 e. The Hall–Kier alpha value is -2.22. The molecule has 2 aromatic heterocycles. The van der Waals surface area contributed by atoms with Crippen LogP contribution < -0.4 is 5.56 Å². The quantitative estimate of drug-likeness (QED) is 0.240. The van der Waals surface area contributed by atoms with Gasteiger partial charge in [-0.1, -0.05) is 40.9 Å². The van der Waals surface area contributed by atoms with Gasteiger partial charge in [-0.3, -0.25) is 9.36 Å². The standard InChI is InChI=1S/C28H25Cl3FN3OS/c1-16(2)34-12-10-17(11-13-34)28-33-25(27(37-28)20-8-7-19(32)14-23(20)31)18-6-9-24(36)35(15-18)26-21(29)4-3-5-22(26)30/h3-9,14-17H,10-13H2,1-2H3. The second kappa shape index (κ2) is 10.9. The molecule has 0 saturated carbocycles. The SMILES string of the molecule is CC(C)N1CCC(c2nc(-c3ccc(=O)n(-c4c(Cl)cccc4Cl)c3)c(-c3ccc(F)cc3Cl)s2)CC1. The maximum absolute atomic E-state index is 13.9. The van der Waals surface area contributed by atoms with Gasteiger partial charge < -0.3 is 4.90 Å². The van der Waals surface area contributed by atoms with Gasteiger partial charge in [0.25, 0.3) is 5.56 Å². The first kappa shape index (κ1) is 26.4. The summed E-state index contributed by atoms with van der Waals surface area (Å²) in [5.74, 6) is -0.0846. The van der Waals surface area contributed by atoms with Crippen molar-refractivity contribution in [1.29, 1.82) is 0 Å². The van der Waals surface area contributed by atoms with Crippen molar-refractivity contribution in [2.24, 2.45) is 0 Å². The fourth-order valence-corrected chi connectivity index (χ4v) is 6.94. The molecular formula is C28H25Cl3FN3OS. The van der Waals surface area contributed by atoms with Crippen molar-refractivity contribution in [1.82, 2.24) is 14.5 Å². The Bertz CT molecular complexity index is 1490. The third-order valence-electron chi connectivity index (χ3n) is 6.79. The summed E-state index contributed by atoms with van der Waals surface area (Å²) in [6.45, 7) is 6.47. The molecule has 0 N–H and O–H groups in total. The molecule has 1 aliphatic rings. The van der Waals surface area contributed by atoms with Crippen molar-refractivity contribution in [2.45, 2.75) is 38.6 Å². The van der Waals surface area contributed by atoms with Crippen LogP contribution in [0.25, 0.3) is 27.4 Å². The summed E-state index contributed by atoms with van der Waals surface area (Å²) in [6, 6.07) is 13.2. The van der Waals surface area contributed by atoms with Crippen LogP contribution >= 0.6 is 46.1 Å². The number of thiazole rings is 1. The van der Waals surface area contributed by atoms with Gasteiger partial charge in [0, 0.05) is 35.3 Å². The summed E-state index contributed by atoms with van der Waals surface area (Å²) in [5.41, 5.74) is 2.26. The van der Waals surface area contributed by atoms with Crippen molar-refractivity contribution in [3.8, 4) is 27.4 Å². The highest BCUT2D eigenvalue weighted by Crippen LogP contribution is 2.44.